The van der Waals surface area contributed by atoms with Crippen molar-refractivity contribution in [1.82, 2.24) is 0 Å². The first kappa shape index (κ1) is 16.9. The molecular weight excluding hydrogens is 252 g/mol. The highest BCUT2D eigenvalue weighted by atomic mass is 35.5. The molecule has 0 radical (unpaired) electrons. The number of nitrogen functional groups attached to an aromatic ring is 1. The molecule has 0 saturated heterocycles. The van der Waals surface area contributed by atoms with E-state index in [-0.39, 0.29) is 18.2 Å². The molecule has 0 amide bonds. The van der Waals surface area contributed by atoms with Crippen molar-refractivity contribution in [3.63, 3.8) is 0 Å². The van der Waals surface area contributed by atoms with Crippen molar-refractivity contribution in [2.45, 2.75) is 32.4 Å². The topological polar surface area (TPSA) is 89.3 Å². The van der Waals surface area contributed by atoms with Crippen LogP contribution in [0.5, 0.6) is 0 Å². The average molecular weight is 273 g/mol. The minimum absolute atomic E-state index is 0. The minimum atomic E-state index is -1.45. The molecule has 0 aliphatic carbocycles. The second-order valence-electron chi connectivity index (χ2n) is 4.29. The summed E-state index contributed by atoms with van der Waals surface area (Å²) in [6.07, 6.45) is 0.844. The van der Waals surface area contributed by atoms with Gasteiger partial charge < -0.3 is 16.6 Å². The van der Waals surface area contributed by atoms with Gasteiger partial charge in [0.05, 0.1) is 5.92 Å². The summed E-state index contributed by atoms with van der Waals surface area (Å²) in [6.45, 7) is 3.60. The third-order valence-electron chi connectivity index (χ3n) is 3.09. The number of anilines is 1. The minimum Gasteiger partial charge on any atom is -0.399 e. The third-order valence-corrected chi connectivity index (χ3v) is 3.09. The Hall–Kier alpha value is -1.10. The lowest BCUT2D eigenvalue weighted by Crippen LogP contribution is -2.49. The van der Waals surface area contributed by atoms with E-state index in [1.165, 1.54) is 0 Å². The Morgan fingerprint density at radius 1 is 1.33 bits per heavy atom. The van der Waals surface area contributed by atoms with E-state index in [1.54, 1.807) is 31.2 Å². The van der Waals surface area contributed by atoms with E-state index < -0.39 is 11.6 Å². The molecule has 1 rings (SSSR count). The number of halogens is 1. The van der Waals surface area contributed by atoms with Crippen LogP contribution in [-0.2, 0) is 0 Å². The Bertz CT molecular complexity index is 390. The standard InChI is InChI=1S/C13H20N2O2.ClH/c1-3-11(13(15,17)4-2)12(16)9-5-7-10(14)8-6-9;/h5-8,11,17H,3-4,14-15H2,1-2H3;1H. The van der Waals surface area contributed by atoms with Crippen LogP contribution in [0.1, 0.15) is 37.0 Å². The first-order chi connectivity index (χ1) is 7.92. The summed E-state index contributed by atoms with van der Waals surface area (Å²) in [5.74, 6) is -0.726. The first-order valence-electron chi connectivity index (χ1n) is 5.83. The molecule has 0 bridgehead atoms. The average Bonchev–Trinajstić information content (AvgIpc) is 2.30. The number of hydrogen-bond acceptors (Lipinski definition) is 4. The fourth-order valence-electron chi connectivity index (χ4n) is 1.86. The molecule has 5 heteroatoms. The van der Waals surface area contributed by atoms with Crippen molar-refractivity contribution in [3.8, 4) is 0 Å². The Labute approximate surface area is 114 Å². The molecule has 102 valence electrons. The lowest BCUT2D eigenvalue weighted by Gasteiger charge is -2.29. The van der Waals surface area contributed by atoms with E-state index in [0.717, 1.165) is 0 Å². The number of carbonyl (C=O) groups excluding carboxylic acids is 1. The van der Waals surface area contributed by atoms with Gasteiger partial charge in [-0.3, -0.25) is 4.79 Å². The molecule has 1 aromatic carbocycles. The summed E-state index contributed by atoms with van der Waals surface area (Å²) in [6, 6.07) is 6.65. The van der Waals surface area contributed by atoms with Crippen molar-refractivity contribution in [3.05, 3.63) is 29.8 Å². The van der Waals surface area contributed by atoms with Gasteiger partial charge in [-0.15, -0.1) is 12.4 Å². The molecule has 0 saturated carbocycles. The molecule has 5 N–H and O–H groups in total. The Balaban J connectivity index is 0.00000289. The van der Waals surface area contributed by atoms with E-state index >= 15 is 0 Å². The molecule has 0 spiro atoms. The molecule has 0 aliphatic heterocycles. The monoisotopic (exact) mass is 272 g/mol. The van der Waals surface area contributed by atoms with Gasteiger partial charge in [0.1, 0.15) is 5.72 Å². The van der Waals surface area contributed by atoms with Crippen molar-refractivity contribution in [2.24, 2.45) is 11.7 Å². The SMILES string of the molecule is CCC(C(=O)c1ccc(N)cc1)C(N)(O)CC.Cl. The highest BCUT2D eigenvalue weighted by Crippen LogP contribution is 2.24. The van der Waals surface area contributed by atoms with Crippen LogP contribution in [0.25, 0.3) is 0 Å². The maximum absolute atomic E-state index is 12.2. The second-order valence-corrected chi connectivity index (χ2v) is 4.29. The van der Waals surface area contributed by atoms with Gasteiger partial charge in [0, 0.05) is 11.3 Å². The molecule has 0 aliphatic rings. The molecule has 0 aromatic heterocycles. The van der Waals surface area contributed by atoms with Crippen LogP contribution >= 0.6 is 12.4 Å². The summed E-state index contributed by atoms with van der Waals surface area (Å²) < 4.78 is 0. The lowest BCUT2D eigenvalue weighted by atomic mass is 9.85. The smallest absolute Gasteiger partial charge is 0.170 e. The van der Waals surface area contributed by atoms with Gasteiger partial charge >= 0.3 is 0 Å². The first-order valence-corrected chi connectivity index (χ1v) is 5.83. The highest BCUT2D eigenvalue weighted by Gasteiger charge is 2.35. The number of ketones is 1. The van der Waals surface area contributed by atoms with E-state index in [1.807, 2.05) is 6.92 Å². The lowest BCUT2D eigenvalue weighted by molar-refractivity contribution is -0.00985. The molecule has 4 nitrogen and oxygen atoms in total. The maximum Gasteiger partial charge on any atom is 0.170 e. The molecule has 2 atom stereocenters. The summed E-state index contributed by atoms with van der Waals surface area (Å²) in [7, 11) is 0. The Morgan fingerprint density at radius 2 is 1.83 bits per heavy atom. The summed E-state index contributed by atoms with van der Waals surface area (Å²) in [4.78, 5) is 12.2. The number of carbonyl (C=O) groups is 1. The van der Waals surface area contributed by atoms with Gasteiger partial charge in [0.2, 0.25) is 0 Å². The predicted octanol–water partition coefficient (Wildman–Crippen LogP) is 1.96. The second kappa shape index (κ2) is 6.73. The largest absolute Gasteiger partial charge is 0.399 e. The number of nitrogens with two attached hydrogens (primary N) is 2. The van der Waals surface area contributed by atoms with Crippen LogP contribution < -0.4 is 11.5 Å². The van der Waals surface area contributed by atoms with Crippen molar-refractivity contribution >= 4 is 23.9 Å². The fraction of sp³-hybridized carbons (Fsp3) is 0.462. The van der Waals surface area contributed by atoms with Crippen LogP contribution in [0.15, 0.2) is 24.3 Å². The van der Waals surface area contributed by atoms with Gasteiger partial charge in [-0.05, 0) is 37.1 Å². The Kier molecular flexibility index (Phi) is 6.32. The summed E-state index contributed by atoms with van der Waals surface area (Å²) in [5, 5.41) is 10.0. The van der Waals surface area contributed by atoms with E-state index in [4.69, 9.17) is 11.5 Å². The van der Waals surface area contributed by atoms with Crippen molar-refractivity contribution in [2.75, 3.05) is 5.73 Å². The summed E-state index contributed by atoms with van der Waals surface area (Å²) >= 11 is 0. The predicted molar refractivity (Wildman–Crippen MR) is 75.6 cm³/mol. The van der Waals surface area contributed by atoms with Gasteiger partial charge in [-0.1, -0.05) is 13.8 Å². The van der Waals surface area contributed by atoms with Crippen molar-refractivity contribution in [1.29, 1.82) is 0 Å². The number of aliphatic hydroxyl groups is 1. The zero-order valence-electron chi connectivity index (χ0n) is 10.7. The number of hydrogen-bond donors (Lipinski definition) is 3. The van der Waals surface area contributed by atoms with E-state index in [2.05, 4.69) is 0 Å². The molecule has 0 fully saturated rings. The van der Waals surface area contributed by atoms with Gasteiger partial charge in [-0.2, -0.15) is 0 Å². The molecular formula is C13H21ClN2O2. The molecule has 0 heterocycles. The Morgan fingerprint density at radius 3 is 2.22 bits per heavy atom. The van der Waals surface area contributed by atoms with Crippen molar-refractivity contribution < 1.29 is 9.90 Å². The van der Waals surface area contributed by atoms with Gasteiger partial charge in [-0.25, -0.2) is 0 Å². The van der Waals surface area contributed by atoms with Crippen LogP contribution in [0.4, 0.5) is 5.69 Å². The zero-order valence-corrected chi connectivity index (χ0v) is 11.5. The highest BCUT2D eigenvalue weighted by molar-refractivity contribution is 5.98. The molecule has 18 heavy (non-hydrogen) atoms. The van der Waals surface area contributed by atoms with E-state index in [0.29, 0.717) is 24.1 Å². The number of benzene rings is 1. The quantitative estimate of drug-likeness (QED) is 0.434. The van der Waals surface area contributed by atoms with Crippen LogP contribution in [0.2, 0.25) is 0 Å². The maximum atomic E-state index is 12.2. The number of rotatable bonds is 5. The zero-order chi connectivity index (χ0) is 13.1. The van der Waals surface area contributed by atoms with Crippen LogP contribution in [-0.4, -0.2) is 16.6 Å². The summed E-state index contributed by atoms with van der Waals surface area (Å²) in [5.41, 5.74) is 11.0. The fourth-order valence-corrected chi connectivity index (χ4v) is 1.86. The third kappa shape index (κ3) is 3.70. The van der Waals surface area contributed by atoms with Crippen LogP contribution in [0.3, 0.4) is 0 Å². The molecule has 2 unspecified atom stereocenters. The van der Waals surface area contributed by atoms with E-state index in [9.17, 15) is 9.90 Å². The van der Waals surface area contributed by atoms with Gasteiger partial charge in [0.25, 0.3) is 0 Å². The molecule has 1 aromatic rings. The number of Topliss-reactive ketones (excluding diaryl/α,β-unsaturated/α-hetero) is 1. The van der Waals surface area contributed by atoms with Crippen LogP contribution in [0, 0.1) is 5.92 Å². The van der Waals surface area contributed by atoms with Gasteiger partial charge in [0.15, 0.2) is 5.78 Å². The normalized spacial score (nSPS) is 15.3.